The van der Waals surface area contributed by atoms with Crippen molar-refractivity contribution in [3.8, 4) is 16.9 Å². The number of hydrogen-bond donors (Lipinski definition) is 1. The summed E-state index contributed by atoms with van der Waals surface area (Å²) in [6, 6.07) is 15.8. The molecule has 0 fully saturated rings. The van der Waals surface area contributed by atoms with Gasteiger partial charge in [-0.15, -0.1) is 0 Å². The molecule has 1 N–H and O–H groups in total. The number of halogens is 1. The van der Waals surface area contributed by atoms with Crippen molar-refractivity contribution in [2.45, 2.75) is 26.7 Å². The highest BCUT2D eigenvalue weighted by molar-refractivity contribution is 9.10. The Morgan fingerprint density at radius 1 is 1.14 bits per heavy atom. The molecule has 1 amide bonds. The molecule has 146 valence electrons. The van der Waals surface area contributed by atoms with Crippen LogP contribution in [0.1, 0.15) is 31.0 Å². The van der Waals surface area contributed by atoms with Crippen LogP contribution in [-0.2, 0) is 11.8 Å². The second-order valence-electron chi connectivity index (χ2n) is 7.00. The standard InChI is InChI=1S/C22H24BrN3O2/c1-14(2)16-7-11-19(12-8-16)28-13-20(27)24-22-21(15(3)25-26(22)4)17-5-9-18(23)10-6-17/h5-12,14H,13H2,1-4H3,(H,24,27). The smallest absolute Gasteiger partial charge is 0.263 e. The van der Waals surface area contributed by atoms with Crippen LogP contribution >= 0.6 is 15.9 Å². The number of ether oxygens (including phenoxy) is 1. The van der Waals surface area contributed by atoms with Gasteiger partial charge < -0.3 is 10.1 Å². The Bertz CT molecular complexity index is 961. The quantitative estimate of drug-likeness (QED) is 0.564. The van der Waals surface area contributed by atoms with Crippen molar-refractivity contribution >= 4 is 27.7 Å². The molecule has 0 saturated carbocycles. The Balaban J connectivity index is 1.71. The summed E-state index contributed by atoms with van der Waals surface area (Å²) in [5.41, 5.74) is 3.99. The number of nitrogens with one attached hydrogen (secondary N) is 1. The molecule has 5 nitrogen and oxygen atoms in total. The lowest BCUT2D eigenvalue weighted by molar-refractivity contribution is -0.118. The normalized spacial score (nSPS) is 10.9. The van der Waals surface area contributed by atoms with E-state index in [1.54, 1.807) is 4.68 Å². The van der Waals surface area contributed by atoms with Crippen LogP contribution in [0.25, 0.3) is 11.1 Å². The van der Waals surface area contributed by atoms with Gasteiger partial charge in [-0.2, -0.15) is 5.10 Å². The Hall–Kier alpha value is -2.60. The zero-order valence-corrected chi connectivity index (χ0v) is 18.1. The lowest BCUT2D eigenvalue weighted by Gasteiger charge is -2.11. The van der Waals surface area contributed by atoms with Crippen molar-refractivity contribution in [2.24, 2.45) is 7.05 Å². The topological polar surface area (TPSA) is 56.2 Å². The maximum Gasteiger partial charge on any atom is 0.263 e. The SMILES string of the molecule is Cc1nn(C)c(NC(=O)COc2ccc(C(C)C)cc2)c1-c1ccc(Br)cc1. The number of aryl methyl sites for hydroxylation is 2. The minimum absolute atomic E-state index is 0.0645. The first-order valence-electron chi connectivity index (χ1n) is 9.17. The molecule has 1 heterocycles. The molecular weight excluding hydrogens is 418 g/mol. The van der Waals surface area contributed by atoms with E-state index in [0.717, 1.165) is 21.3 Å². The van der Waals surface area contributed by atoms with Gasteiger partial charge in [-0.3, -0.25) is 9.48 Å². The fraction of sp³-hybridized carbons (Fsp3) is 0.273. The maximum absolute atomic E-state index is 12.5. The third-order valence-electron chi connectivity index (χ3n) is 4.53. The lowest BCUT2D eigenvalue weighted by atomic mass is 10.0. The first-order valence-corrected chi connectivity index (χ1v) is 9.96. The molecule has 6 heteroatoms. The number of amides is 1. The minimum Gasteiger partial charge on any atom is -0.484 e. The van der Waals surface area contributed by atoms with Gasteiger partial charge >= 0.3 is 0 Å². The highest BCUT2D eigenvalue weighted by Crippen LogP contribution is 2.31. The van der Waals surface area contributed by atoms with Crippen molar-refractivity contribution in [3.05, 3.63) is 64.3 Å². The first kappa shape index (κ1) is 20.1. The Morgan fingerprint density at radius 3 is 2.39 bits per heavy atom. The summed E-state index contributed by atoms with van der Waals surface area (Å²) >= 11 is 3.45. The Labute approximate surface area is 173 Å². The van der Waals surface area contributed by atoms with Gasteiger partial charge in [0.1, 0.15) is 11.6 Å². The van der Waals surface area contributed by atoms with E-state index in [1.165, 1.54) is 5.56 Å². The molecule has 0 atom stereocenters. The molecule has 28 heavy (non-hydrogen) atoms. The highest BCUT2D eigenvalue weighted by Gasteiger charge is 2.17. The zero-order chi connectivity index (χ0) is 20.3. The van der Waals surface area contributed by atoms with E-state index in [1.807, 2.05) is 62.5 Å². The van der Waals surface area contributed by atoms with E-state index < -0.39 is 0 Å². The molecule has 0 spiro atoms. The summed E-state index contributed by atoms with van der Waals surface area (Å²) in [5.74, 6) is 1.56. The van der Waals surface area contributed by atoms with Crippen LogP contribution in [0.2, 0.25) is 0 Å². The van der Waals surface area contributed by atoms with Crippen LogP contribution in [0, 0.1) is 6.92 Å². The van der Waals surface area contributed by atoms with Crippen molar-refractivity contribution in [1.82, 2.24) is 9.78 Å². The fourth-order valence-corrected chi connectivity index (χ4v) is 3.29. The maximum atomic E-state index is 12.5. The summed E-state index contributed by atoms with van der Waals surface area (Å²) in [7, 11) is 1.82. The number of carbonyl (C=O) groups excluding carboxylic acids is 1. The molecule has 2 aromatic carbocycles. The van der Waals surface area contributed by atoms with Gasteiger partial charge in [0.15, 0.2) is 6.61 Å². The second-order valence-corrected chi connectivity index (χ2v) is 7.92. The van der Waals surface area contributed by atoms with Crippen LogP contribution in [0.5, 0.6) is 5.75 Å². The van der Waals surface area contributed by atoms with Gasteiger partial charge in [0.2, 0.25) is 0 Å². The molecule has 0 aliphatic carbocycles. The molecule has 1 aromatic heterocycles. The number of hydrogen-bond acceptors (Lipinski definition) is 3. The van der Waals surface area contributed by atoms with Crippen LogP contribution in [0.15, 0.2) is 53.0 Å². The average Bonchev–Trinajstić information content (AvgIpc) is 2.94. The minimum atomic E-state index is -0.228. The van der Waals surface area contributed by atoms with Crippen LogP contribution < -0.4 is 10.1 Å². The molecule has 3 rings (SSSR count). The first-order chi connectivity index (χ1) is 13.3. The van der Waals surface area contributed by atoms with Crippen LogP contribution in [-0.4, -0.2) is 22.3 Å². The van der Waals surface area contributed by atoms with Gasteiger partial charge in [0.05, 0.1) is 5.69 Å². The number of aromatic nitrogens is 2. The van der Waals surface area contributed by atoms with Gasteiger partial charge in [0, 0.05) is 17.1 Å². The molecule has 0 aliphatic heterocycles. The van der Waals surface area contributed by atoms with Gasteiger partial charge in [0.25, 0.3) is 5.91 Å². The highest BCUT2D eigenvalue weighted by atomic mass is 79.9. The third kappa shape index (κ3) is 4.62. The number of rotatable bonds is 6. The van der Waals surface area contributed by atoms with Gasteiger partial charge in [-0.25, -0.2) is 0 Å². The van der Waals surface area contributed by atoms with Crippen LogP contribution in [0.4, 0.5) is 5.82 Å². The summed E-state index contributed by atoms with van der Waals surface area (Å²) in [6.07, 6.45) is 0. The Morgan fingerprint density at radius 2 is 1.79 bits per heavy atom. The number of anilines is 1. The van der Waals surface area contributed by atoms with E-state index in [0.29, 0.717) is 17.5 Å². The summed E-state index contributed by atoms with van der Waals surface area (Å²) in [5, 5.41) is 7.39. The predicted octanol–water partition coefficient (Wildman–Crippen LogP) is 5.30. The number of nitrogens with zero attached hydrogens (tertiary/aromatic N) is 2. The van der Waals surface area contributed by atoms with E-state index >= 15 is 0 Å². The lowest BCUT2D eigenvalue weighted by Crippen LogP contribution is -2.22. The Kier molecular flexibility index (Phi) is 6.19. The zero-order valence-electron chi connectivity index (χ0n) is 16.5. The summed E-state index contributed by atoms with van der Waals surface area (Å²) < 4.78 is 8.32. The fourth-order valence-electron chi connectivity index (χ4n) is 3.03. The third-order valence-corrected chi connectivity index (χ3v) is 5.06. The molecule has 0 radical (unpaired) electrons. The molecule has 3 aromatic rings. The number of carbonyl (C=O) groups is 1. The molecule has 0 aliphatic rings. The van der Waals surface area contributed by atoms with Gasteiger partial charge in [-0.05, 0) is 48.2 Å². The van der Waals surface area contributed by atoms with E-state index in [-0.39, 0.29) is 12.5 Å². The second kappa shape index (κ2) is 8.61. The predicted molar refractivity (Wildman–Crippen MR) is 116 cm³/mol. The average molecular weight is 442 g/mol. The summed E-state index contributed by atoms with van der Waals surface area (Å²) in [6.45, 7) is 6.15. The summed E-state index contributed by atoms with van der Waals surface area (Å²) in [4.78, 5) is 12.5. The van der Waals surface area contributed by atoms with Crippen molar-refractivity contribution in [3.63, 3.8) is 0 Å². The van der Waals surface area contributed by atoms with Crippen molar-refractivity contribution in [2.75, 3.05) is 11.9 Å². The van der Waals surface area contributed by atoms with Crippen LogP contribution in [0.3, 0.4) is 0 Å². The molecule has 0 bridgehead atoms. The van der Waals surface area contributed by atoms with Gasteiger partial charge in [-0.1, -0.05) is 54.0 Å². The molecular formula is C22H24BrN3O2. The monoisotopic (exact) mass is 441 g/mol. The number of benzene rings is 2. The molecule has 0 unspecified atom stereocenters. The largest absolute Gasteiger partial charge is 0.484 e. The molecule has 0 saturated heterocycles. The van der Waals surface area contributed by atoms with Crippen molar-refractivity contribution in [1.29, 1.82) is 0 Å². The van der Waals surface area contributed by atoms with E-state index in [4.69, 9.17) is 4.74 Å². The van der Waals surface area contributed by atoms with E-state index in [9.17, 15) is 4.79 Å². The van der Waals surface area contributed by atoms with E-state index in [2.05, 4.69) is 40.2 Å². The van der Waals surface area contributed by atoms with Crippen molar-refractivity contribution < 1.29 is 9.53 Å².